The Hall–Kier alpha value is -1.90. The van der Waals surface area contributed by atoms with E-state index in [1.165, 1.54) is 24.8 Å². The zero-order valence-corrected chi connectivity index (χ0v) is 16.7. The maximum absolute atomic E-state index is 11.1. The smallest absolute Gasteiger partial charge is 0.259 e. The van der Waals surface area contributed by atoms with Crippen molar-refractivity contribution >= 4 is 21.6 Å². The Labute approximate surface area is 162 Å². The normalized spacial score (nSPS) is 13.9. The molecule has 1 aliphatic rings. The molecule has 0 atom stereocenters. The SMILES string of the molecule is CCO.O=C(C=S(=O)=O)NCCCOc1cccc(CN2CCCCC2)c1. The first-order valence-corrected chi connectivity index (χ1v) is 10.4. The number of aliphatic hydroxyl groups excluding tert-OH is 1. The van der Waals surface area contributed by atoms with E-state index in [-0.39, 0.29) is 6.61 Å². The van der Waals surface area contributed by atoms with Gasteiger partial charge in [-0.2, -0.15) is 8.42 Å². The van der Waals surface area contributed by atoms with Crippen LogP contribution in [-0.2, 0) is 21.6 Å². The van der Waals surface area contributed by atoms with E-state index in [9.17, 15) is 13.2 Å². The fourth-order valence-corrected chi connectivity index (χ4v) is 2.97. The lowest BCUT2D eigenvalue weighted by atomic mass is 10.1. The largest absolute Gasteiger partial charge is 0.494 e. The molecule has 1 amide bonds. The Bertz CT molecular complexity index is 677. The van der Waals surface area contributed by atoms with Crippen LogP contribution in [-0.4, -0.2) is 62.5 Å². The molecule has 0 aromatic heterocycles. The van der Waals surface area contributed by atoms with Gasteiger partial charge in [-0.25, -0.2) is 0 Å². The number of likely N-dealkylation sites (tertiary alicyclic amines) is 1. The molecule has 2 N–H and O–H groups in total. The van der Waals surface area contributed by atoms with Crippen LogP contribution < -0.4 is 10.1 Å². The van der Waals surface area contributed by atoms with Crippen LogP contribution in [0.1, 0.15) is 38.2 Å². The Morgan fingerprint density at radius 1 is 1.30 bits per heavy atom. The predicted octanol–water partition coefficient (Wildman–Crippen LogP) is 1.24. The van der Waals surface area contributed by atoms with E-state index in [1.807, 2.05) is 12.1 Å². The summed E-state index contributed by atoms with van der Waals surface area (Å²) in [5, 5.41) is 10.7. The third-order valence-electron chi connectivity index (χ3n) is 3.85. The quantitative estimate of drug-likeness (QED) is 0.505. The highest BCUT2D eigenvalue weighted by Crippen LogP contribution is 2.17. The molecule has 1 aliphatic heterocycles. The van der Waals surface area contributed by atoms with Crippen LogP contribution in [0.4, 0.5) is 0 Å². The summed E-state index contributed by atoms with van der Waals surface area (Å²) in [5.41, 5.74) is 1.25. The van der Waals surface area contributed by atoms with Crippen molar-refractivity contribution in [3.8, 4) is 5.75 Å². The summed E-state index contributed by atoms with van der Waals surface area (Å²) in [7, 11) is -2.46. The lowest BCUT2D eigenvalue weighted by molar-refractivity contribution is -0.114. The van der Waals surface area contributed by atoms with Crippen molar-refractivity contribution in [1.29, 1.82) is 0 Å². The van der Waals surface area contributed by atoms with Gasteiger partial charge in [0.05, 0.1) is 6.61 Å². The predicted molar refractivity (Wildman–Crippen MR) is 106 cm³/mol. The number of hydrogen-bond acceptors (Lipinski definition) is 6. The van der Waals surface area contributed by atoms with Gasteiger partial charge in [-0.1, -0.05) is 18.6 Å². The number of nitrogens with one attached hydrogen (secondary N) is 1. The van der Waals surface area contributed by atoms with Gasteiger partial charge in [0, 0.05) is 19.7 Å². The average Bonchev–Trinajstić information content (AvgIpc) is 2.63. The molecule has 1 fully saturated rings. The molecule has 0 aliphatic carbocycles. The van der Waals surface area contributed by atoms with Gasteiger partial charge in [0.2, 0.25) is 10.3 Å². The molecule has 1 aromatic carbocycles. The summed E-state index contributed by atoms with van der Waals surface area (Å²) < 4.78 is 26.3. The number of carbonyl (C=O) groups is 1. The highest BCUT2D eigenvalue weighted by molar-refractivity contribution is 7.73. The van der Waals surface area contributed by atoms with Crippen LogP contribution in [0.25, 0.3) is 0 Å². The van der Waals surface area contributed by atoms with E-state index >= 15 is 0 Å². The Morgan fingerprint density at radius 3 is 2.67 bits per heavy atom. The van der Waals surface area contributed by atoms with Crippen molar-refractivity contribution in [3.63, 3.8) is 0 Å². The standard InChI is InChI=1S/C17H24N2O4S.C2H6O/c20-17(14-24(21)22)18-8-5-11-23-16-7-4-6-15(12-16)13-19-9-2-1-3-10-19;1-2-3/h4,6-7,12,14H,1-3,5,8-11,13H2,(H,18,20);3H,2H2,1H3. The summed E-state index contributed by atoms with van der Waals surface area (Å²) in [6.45, 7) is 6.05. The van der Waals surface area contributed by atoms with Gasteiger partial charge in [0.1, 0.15) is 11.1 Å². The zero-order valence-electron chi connectivity index (χ0n) is 15.9. The Kier molecular flexibility index (Phi) is 12.2. The van der Waals surface area contributed by atoms with Gasteiger partial charge >= 0.3 is 0 Å². The van der Waals surface area contributed by atoms with E-state index in [1.54, 1.807) is 6.92 Å². The van der Waals surface area contributed by atoms with Crippen molar-refractivity contribution < 1.29 is 23.1 Å². The van der Waals surface area contributed by atoms with Gasteiger partial charge in [-0.05, 0) is 57.0 Å². The van der Waals surface area contributed by atoms with E-state index in [0.717, 1.165) is 25.4 Å². The maximum atomic E-state index is 11.1. The van der Waals surface area contributed by atoms with Crippen molar-refractivity contribution in [2.24, 2.45) is 0 Å². The maximum Gasteiger partial charge on any atom is 0.259 e. The van der Waals surface area contributed by atoms with Crippen molar-refractivity contribution in [2.75, 3.05) is 32.8 Å². The van der Waals surface area contributed by atoms with Crippen LogP contribution in [0.15, 0.2) is 24.3 Å². The molecule has 0 bridgehead atoms. The van der Waals surface area contributed by atoms with Gasteiger partial charge < -0.3 is 15.2 Å². The van der Waals surface area contributed by atoms with Gasteiger partial charge in [0.25, 0.3) is 5.91 Å². The summed E-state index contributed by atoms with van der Waals surface area (Å²) in [6, 6.07) is 8.09. The first-order valence-electron chi connectivity index (χ1n) is 9.31. The topological polar surface area (TPSA) is 95.9 Å². The fraction of sp³-hybridized carbons (Fsp3) is 0.579. The number of ether oxygens (including phenoxy) is 1. The van der Waals surface area contributed by atoms with Crippen LogP contribution in [0.3, 0.4) is 0 Å². The molecular formula is C19H30N2O5S. The number of nitrogens with zero attached hydrogens (tertiary/aromatic N) is 1. The second kappa shape index (κ2) is 14.2. The third-order valence-corrected chi connectivity index (χ3v) is 4.25. The molecule has 0 spiro atoms. The monoisotopic (exact) mass is 398 g/mol. The zero-order chi connectivity index (χ0) is 19.9. The number of carbonyl (C=O) groups excluding carboxylic acids is 1. The van der Waals surface area contributed by atoms with Gasteiger partial charge in [-0.15, -0.1) is 0 Å². The summed E-state index contributed by atoms with van der Waals surface area (Å²) >= 11 is 0. The molecule has 152 valence electrons. The third kappa shape index (κ3) is 11.4. The molecule has 1 heterocycles. The molecule has 2 rings (SSSR count). The number of benzene rings is 1. The minimum Gasteiger partial charge on any atom is -0.494 e. The number of aliphatic hydroxyl groups is 1. The number of piperidine rings is 1. The van der Waals surface area contributed by atoms with E-state index in [2.05, 4.69) is 22.3 Å². The first kappa shape index (κ1) is 23.1. The molecule has 27 heavy (non-hydrogen) atoms. The summed E-state index contributed by atoms with van der Waals surface area (Å²) in [4.78, 5) is 13.6. The highest BCUT2D eigenvalue weighted by atomic mass is 32.2. The van der Waals surface area contributed by atoms with Crippen LogP contribution in [0.2, 0.25) is 0 Å². The average molecular weight is 399 g/mol. The van der Waals surface area contributed by atoms with E-state index < -0.39 is 16.2 Å². The van der Waals surface area contributed by atoms with Crippen LogP contribution in [0.5, 0.6) is 5.75 Å². The number of hydrogen-bond donors (Lipinski definition) is 2. The molecule has 1 saturated heterocycles. The Balaban J connectivity index is 0.00000114. The fourth-order valence-electron chi connectivity index (χ4n) is 2.71. The Morgan fingerprint density at radius 2 is 2.00 bits per heavy atom. The lowest BCUT2D eigenvalue weighted by Gasteiger charge is -2.26. The molecular weight excluding hydrogens is 368 g/mol. The molecule has 8 heteroatoms. The minimum atomic E-state index is -2.46. The van der Waals surface area contributed by atoms with Crippen molar-refractivity contribution in [1.82, 2.24) is 10.2 Å². The molecule has 0 radical (unpaired) electrons. The van der Waals surface area contributed by atoms with Crippen molar-refractivity contribution in [2.45, 2.75) is 39.2 Å². The van der Waals surface area contributed by atoms with Crippen LogP contribution in [0, 0.1) is 0 Å². The molecule has 1 aromatic rings. The number of rotatable bonds is 8. The first-order chi connectivity index (χ1) is 13.0. The van der Waals surface area contributed by atoms with Crippen LogP contribution >= 0.6 is 0 Å². The molecule has 7 nitrogen and oxygen atoms in total. The van der Waals surface area contributed by atoms with Gasteiger partial charge in [-0.3, -0.25) is 9.69 Å². The second-order valence-corrected chi connectivity index (χ2v) is 6.93. The molecule has 0 unspecified atom stereocenters. The second-order valence-electron chi connectivity index (χ2n) is 6.17. The summed E-state index contributed by atoms with van der Waals surface area (Å²) in [5.74, 6) is 0.218. The van der Waals surface area contributed by atoms with E-state index in [0.29, 0.717) is 24.9 Å². The van der Waals surface area contributed by atoms with Crippen molar-refractivity contribution in [3.05, 3.63) is 29.8 Å². The highest BCUT2D eigenvalue weighted by Gasteiger charge is 2.10. The minimum absolute atomic E-state index is 0.250. The molecule has 0 saturated carbocycles. The number of amides is 1. The van der Waals surface area contributed by atoms with E-state index in [4.69, 9.17) is 9.84 Å². The summed E-state index contributed by atoms with van der Waals surface area (Å²) in [6.07, 6.45) is 4.50. The van der Waals surface area contributed by atoms with Gasteiger partial charge in [0.15, 0.2) is 0 Å². The lowest BCUT2D eigenvalue weighted by Crippen LogP contribution is -2.29.